The van der Waals surface area contributed by atoms with Crippen molar-refractivity contribution < 1.29 is 14.7 Å². The van der Waals surface area contributed by atoms with E-state index < -0.39 is 11.5 Å². The van der Waals surface area contributed by atoms with Gasteiger partial charge in [0.2, 0.25) is 0 Å². The lowest BCUT2D eigenvalue weighted by atomic mass is 10.00. The van der Waals surface area contributed by atoms with E-state index in [-0.39, 0.29) is 6.03 Å². The van der Waals surface area contributed by atoms with Gasteiger partial charge in [0, 0.05) is 13.1 Å². The number of carbonyl (C=O) groups is 2. The minimum Gasteiger partial charge on any atom is -0.480 e. The normalized spacial score (nSPS) is 23.1. The third kappa shape index (κ3) is 3.35. The van der Waals surface area contributed by atoms with Crippen LogP contribution in [0.15, 0.2) is 0 Å². The number of carboxylic acids is 1. The standard InChI is InChI=1S/C12H23N3O3/c1-3-13-7-5-8-14-11(18)15-9-4-6-12(15,2)10(16)17/h13H,3-9H2,1-2H3,(H,14,18)(H,16,17). The SMILES string of the molecule is CCNCCCNC(=O)N1CCCC1(C)C(=O)O. The number of amides is 2. The molecular weight excluding hydrogens is 234 g/mol. The Hall–Kier alpha value is -1.30. The van der Waals surface area contributed by atoms with E-state index in [4.69, 9.17) is 0 Å². The van der Waals surface area contributed by atoms with Gasteiger partial charge < -0.3 is 20.6 Å². The summed E-state index contributed by atoms with van der Waals surface area (Å²) in [5, 5.41) is 15.1. The molecule has 6 nitrogen and oxygen atoms in total. The maximum Gasteiger partial charge on any atom is 0.329 e. The molecule has 0 radical (unpaired) electrons. The van der Waals surface area contributed by atoms with E-state index in [0.717, 1.165) is 25.9 Å². The average Bonchev–Trinajstić information content (AvgIpc) is 2.72. The lowest BCUT2D eigenvalue weighted by Crippen LogP contribution is -2.54. The molecule has 6 heteroatoms. The third-order valence-corrected chi connectivity index (χ3v) is 3.40. The Bertz CT molecular complexity index is 309. The molecule has 0 aliphatic carbocycles. The van der Waals surface area contributed by atoms with Crippen molar-refractivity contribution in [3.63, 3.8) is 0 Å². The van der Waals surface area contributed by atoms with Crippen molar-refractivity contribution in [1.29, 1.82) is 0 Å². The van der Waals surface area contributed by atoms with E-state index in [2.05, 4.69) is 10.6 Å². The van der Waals surface area contributed by atoms with Gasteiger partial charge >= 0.3 is 12.0 Å². The minimum atomic E-state index is -1.05. The zero-order valence-corrected chi connectivity index (χ0v) is 11.2. The number of carbonyl (C=O) groups excluding carboxylic acids is 1. The molecule has 1 rings (SSSR count). The van der Waals surface area contributed by atoms with E-state index in [1.165, 1.54) is 4.90 Å². The van der Waals surface area contributed by atoms with E-state index in [0.29, 0.717) is 19.5 Å². The Morgan fingerprint density at radius 3 is 2.72 bits per heavy atom. The molecule has 2 amide bonds. The number of aliphatic carboxylic acids is 1. The highest BCUT2D eigenvalue weighted by atomic mass is 16.4. The quantitative estimate of drug-likeness (QED) is 0.610. The molecule has 104 valence electrons. The molecule has 0 aromatic carbocycles. The first-order chi connectivity index (χ1) is 8.52. The highest BCUT2D eigenvalue weighted by Gasteiger charge is 2.45. The Labute approximate surface area is 108 Å². The van der Waals surface area contributed by atoms with Crippen LogP contribution in [0.5, 0.6) is 0 Å². The fourth-order valence-corrected chi connectivity index (χ4v) is 2.19. The molecule has 0 saturated carbocycles. The number of likely N-dealkylation sites (tertiary alicyclic amines) is 1. The van der Waals surface area contributed by atoms with Crippen LogP contribution in [0.4, 0.5) is 4.79 Å². The van der Waals surface area contributed by atoms with Crippen LogP contribution < -0.4 is 10.6 Å². The minimum absolute atomic E-state index is 0.270. The number of urea groups is 1. The largest absolute Gasteiger partial charge is 0.480 e. The summed E-state index contributed by atoms with van der Waals surface area (Å²) in [4.78, 5) is 24.6. The highest BCUT2D eigenvalue weighted by Crippen LogP contribution is 2.28. The summed E-state index contributed by atoms with van der Waals surface area (Å²) in [5.74, 6) is -0.928. The molecular formula is C12H23N3O3. The number of nitrogens with zero attached hydrogens (tertiary/aromatic N) is 1. The van der Waals surface area contributed by atoms with Crippen LogP contribution in [-0.2, 0) is 4.79 Å². The first-order valence-electron chi connectivity index (χ1n) is 6.52. The molecule has 1 heterocycles. The molecule has 18 heavy (non-hydrogen) atoms. The van der Waals surface area contributed by atoms with Crippen molar-refractivity contribution in [3.05, 3.63) is 0 Å². The predicted octanol–water partition coefficient (Wildman–Crippen LogP) is 0.635. The Balaban J connectivity index is 2.39. The lowest BCUT2D eigenvalue weighted by Gasteiger charge is -2.31. The van der Waals surface area contributed by atoms with Gasteiger partial charge in [0.15, 0.2) is 0 Å². The lowest BCUT2D eigenvalue weighted by molar-refractivity contribution is -0.147. The number of hydrogen-bond acceptors (Lipinski definition) is 3. The van der Waals surface area contributed by atoms with E-state index in [9.17, 15) is 14.7 Å². The molecule has 1 atom stereocenters. The second kappa shape index (κ2) is 6.58. The van der Waals surface area contributed by atoms with Gasteiger partial charge in [-0.3, -0.25) is 0 Å². The Kier molecular flexibility index (Phi) is 5.40. The van der Waals surface area contributed by atoms with Crippen LogP contribution in [0.3, 0.4) is 0 Å². The number of carboxylic acid groups (broad SMARTS) is 1. The summed E-state index contributed by atoms with van der Waals surface area (Å²) in [6, 6.07) is -0.270. The number of nitrogens with one attached hydrogen (secondary N) is 2. The van der Waals surface area contributed by atoms with Crippen LogP contribution in [0.1, 0.15) is 33.1 Å². The van der Waals surface area contributed by atoms with Crippen molar-refractivity contribution in [2.24, 2.45) is 0 Å². The summed E-state index contributed by atoms with van der Waals surface area (Å²) < 4.78 is 0. The van der Waals surface area contributed by atoms with Crippen LogP contribution in [0.2, 0.25) is 0 Å². The molecule has 1 aliphatic heterocycles. The fourth-order valence-electron chi connectivity index (χ4n) is 2.19. The predicted molar refractivity (Wildman–Crippen MR) is 68.5 cm³/mol. The zero-order chi connectivity index (χ0) is 13.6. The summed E-state index contributed by atoms with van der Waals surface area (Å²) in [7, 11) is 0. The van der Waals surface area contributed by atoms with Crippen LogP contribution in [0, 0.1) is 0 Å². The van der Waals surface area contributed by atoms with Gasteiger partial charge in [0.25, 0.3) is 0 Å². The van der Waals surface area contributed by atoms with Gasteiger partial charge in [0.05, 0.1) is 0 Å². The van der Waals surface area contributed by atoms with Crippen LogP contribution in [-0.4, -0.2) is 53.7 Å². The van der Waals surface area contributed by atoms with Crippen molar-refractivity contribution in [2.45, 2.75) is 38.6 Å². The van der Waals surface area contributed by atoms with Crippen molar-refractivity contribution in [3.8, 4) is 0 Å². The summed E-state index contributed by atoms with van der Waals surface area (Å²) in [5.41, 5.74) is -1.05. The molecule has 0 aromatic heterocycles. The molecule has 0 bridgehead atoms. The van der Waals surface area contributed by atoms with Crippen molar-refractivity contribution in [2.75, 3.05) is 26.2 Å². The van der Waals surface area contributed by atoms with Crippen molar-refractivity contribution in [1.82, 2.24) is 15.5 Å². The first kappa shape index (κ1) is 14.8. The van der Waals surface area contributed by atoms with Gasteiger partial charge in [-0.05, 0) is 39.3 Å². The first-order valence-corrected chi connectivity index (χ1v) is 6.52. The topological polar surface area (TPSA) is 81.7 Å². The van der Waals surface area contributed by atoms with Gasteiger partial charge in [-0.15, -0.1) is 0 Å². The fraction of sp³-hybridized carbons (Fsp3) is 0.833. The molecule has 1 aliphatic rings. The number of hydrogen-bond donors (Lipinski definition) is 3. The van der Waals surface area contributed by atoms with E-state index in [1.807, 2.05) is 6.92 Å². The zero-order valence-electron chi connectivity index (χ0n) is 11.2. The Morgan fingerprint density at radius 1 is 1.39 bits per heavy atom. The average molecular weight is 257 g/mol. The van der Waals surface area contributed by atoms with Gasteiger partial charge in [-0.25, -0.2) is 9.59 Å². The summed E-state index contributed by atoms with van der Waals surface area (Å²) >= 11 is 0. The molecule has 1 fully saturated rings. The van der Waals surface area contributed by atoms with Gasteiger partial charge in [0.1, 0.15) is 5.54 Å². The summed E-state index contributed by atoms with van der Waals surface area (Å²) in [6.45, 7) is 6.49. The third-order valence-electron chi connectivity index (χ3n) is 3.40. The molecule has 0 aromatic rings. The molecule has 0 spiro atoms. The highest BCUT2D eigenvalue weighted by molar-refractivity contribution is 5.86. The molecule has 3 N–H and O–H groups in total. The summed E-state index contributed by atoms with van der Waals surface area (Å²) in [6.07, 6.45) is 2.11. The molecule has 1 unspecified atom stereocenters. The monoisotopic (exact) mass is 257 g/mol. The second-order valence-corrected chi connectivity index (χ2v) is 4.77. The van der Waals surface area contributed by atoms with Crippen LogP contribution in [0.25, 0.3) is 0 Å². The smallest absolute Gasteiger partial charge is 0.329 e. The van der Waals surface area contributed by atoms with Gasteiger partial charge in [-0.2, -0.15) is 0 Å². The second-order valence-electron chi connectivity index (χ2n) is 4.77. The van der Waals surface area contributed by atoms with Crippen LogP contribution >= 0.6 is 0 Å². The number of rotatable bonds is 6. The van der Waals surface area contributed by atoms with Crippen molar-refractivity contribution >= 4 is 12.0 Å². The van der Waals surface area contributed by atoms with Gasteiger partial charge in [-0.1, -0.05) is 6.92 Å². The van der Waals surface area contributed by atoms with E-state index >= 15 is 0 Å². The Morgan fingerprint density at radius 2 is 2.11 bits per heavy atom. The maximum atomic E-state index is 11.9. The molecule has 1 saturated heterocycles. The van der Waals surface area contributed by atoms with E-state index in [1.54, 1.807) is 6.92 Å². The maximum absolute atomic E-state index is 11.9.